The Morgan fingerprint density at radius 1 is 1.00 bits per heavy atom. The Labute approximate surface area is 112 Å². The van der Waals surface area contributed by atoms with E-state index < -0.39 is 0 Å². The highest BCUT2D eigenvalue weighted by Gasteiger charge is 2.06. The van der Waals surface area contributed by atoms with Crippen molar-refractivity contribution in [3.63, 3.8) is 0 Å². The second kappa shape index (κ2) is 7.55. The first-order valence-corrected chi connectivity index (χ1v) is 7.05. The Kier molecular flexibility index (Phi) is 6.37. The van der Waals surface area contributed by atoms with Crippen molar-refractivity contribution in [1.29, 1.82) is 0 Å². The summed E-state index contributed by atoms with van der Waals surface area (Å²) in [4.78, 5) is 0. The van der Waals surface area contributed by atoms with E-state index >= 15 is 0 Å². The number of rotatable bonds is 7. The van der Waals surface area contributed by atoms with Crippen LogP contribution in [0.15, 0.2) is 24.3 Å². The molecule has 1 rings (SSSR count). The predicted octanol–water partition coefficient (Wildman–Crippen LogP) is 3.12. The fraction of sp³-hybridized carbons (Fsp3) is 0.625. The first-order valence-electron chi connectivity index (χ1n) is 7.05. The molecule has 0 radical (unpaired) electrons. The number of aryl methyl sites for hydroxylation is 1. The number of benzene rings is 1. The van der Waals surface area contributed by atoms with Crippen LogP contribution in [0.2, 0.25) is 0 Å². The summed E-state index contributed by atoms with van der Waals surface area (Å²) in [6.45, 7) is 12.0. The van der Waals surface area contributed by atoms with E-state index in [-0.39, 0.29) is 5.54 Å². The van der Waals surface area contributed by atoms with Crippen LogP contribution >= 0.6 is 0 Å². The summed E-state index contributed by atoms with van der Waals surface area (Å²) < 4.78 is 0. The standard InChI is InChI=1S/C16H28N2/c1-5-14-9-6-7-10-15(14)13-17-11-8-12-18-16(2,3)4/h6-7,9-10,17-18H,5,8,11-13H2,1-4H3. The third-order valence-corrected chi connectivity index (χ3v) is 3.00. The first-order chi connectivity index (χ1) is 8.53. The van der Waals surface area contributed by atoms with Crippen molar-refractivity contribution in [2.45, 2.75) is 52.6 Å². The van der Waals surface area contributed by atoms with Gasteiger partial charge in [-0.05, 0) is 57.8 Å². The highest BCUT2D eigenvalue weighted by molar-refractivity contribution is 5.26. The zero-order valence-corrected chi connectivity index (χ0v) is 12.3. The lowest BCUT2D eigenvalue weighted by Crippen LogP contribution is -2.37. The Morgan fingerprint density at radius 2 is 1.67 bits per heavy atom. The van der Waals surface area contributed by atoms with Crippen LogP contribution in [-0.4, -0.2) is 18.6 Å². The second-order valence-corrected chi connectivity index (χ2v) is 5.83. The smallest absolute Gasteiger partial charge is 0.0208 e. The molecule has 0 aliphatic heterocycles. The predicted molar refractivity (Wildman–Crippen MR) is 79.9 cm³/mol. The molecule has 0 aromatic heterocycles. The highest BCUT2D eigenvalue weighted by Crippen LogP contribution is 2.08. The zero-order chi connectivity index (χ0) is 13.4. The average molecular weight is 248 g/mol. The maximum Gasteiger partial charge on any atom is 0.0208 e. The quantitative estimate of drug-likeness (QED) is 0.725. The molecule has 0 amide bonds. The minimum atomic E-state index is 0.231. The molecule has 2 N–H and O–H groups in total. The van der Waals surface area contributed by atoms with Crippen LogP contribution in [0, 0.1) is 0 Å². The molecular weight excluding hydrogens is 220 g/mol. The molecule has 18 heavy (non-hydrogen) atoms. The van der Waals surface area contributed by atoms with Gasteiger partial charge in [0.25, 0.3) is 0 Å². The molecule has 0 bridgehead atoms. The summed E-state index contributed by atoms with van der Waals surface area (Å²) in [6, 6.07) is 8.68. The maximum atomic E-state index is 3.52. The molecule has 0 spiro atoms. The third kappa shape index (κ3) is 6.18. The minimum Gasteiger partial charge on any atom is -0.313 e. The number of nitrogens with one attached hydrogen (secondary N) is 2. The van der Waals surface area contributed by atoms with Crippen molar-refractivity contribution in [2.75, 3.05) is 13.1 Å². The number of hydrogen-bond acceptors (Lipinski definition) is 2. The SMILES string of the molecule is CCc1ccccc1CNCCCNC(C)(C)C. The van der Waals surface area contributed by atoms with Crippen LogP contribution in [-0.2, 0) is 13.0 Å². The van der Waals surface area contributed by atoms with Crippen LogP contribution in [0.25, 0.3) is 0 Å². The van der Waals surface area contributed by atoms with Crippen molar-refractivity contribution < 1.29 is 0 Å². The molecule has 0 heterocycles. The first kappa shape index (κ1) is 15.2. The van der Waals surface area contributed by atoms with E-state index in [1.165, 1.54) is 17.5 Å². The van der Waals surface area contributed by atoms with Crippen LogP contribution in [0.5, 0.6) is 0 Å². The highest BCUT2D eigenvalue weighted by atomic mass is 14.9. The van der Waals surface area contributed by atoms with Crippen LogP contribution in [0.3, 0.4) is 0 Å². The second-order valence-electron chi connectivity index (χ2n) is 5.83. The van der Waals surface area contributed by atoms with Crippen molar-refractivity contribution in [1.82, 2.24) is 10.6 Å². The molecule has 0 atom stereocenters. The molecule has 0 unspecified atom stereocenters. The van der Waals surface area contributed by atoms with E-state index in [2.05, 4.69) is 62.6 Å². The zero-order valence-electron chi connectivity index (χ0n) is 12.3. The lowest BCUT2D eigenvalue weighted by atomic mass is 10.1. The lowest BCUT2D eigenvalue weighted by molar-refractivity contribution is 0.418. The van der Waals surface area contributed by atoms with Crippen LogP contribution < -0.4 is 10.6 Å². The van der Waals surface area contributed by atoms with Crippen molar-refractivity contribution in [3.8, 4) is 0 Å². The van der Waals surface area contributed by atoms with Gasteiger partial charge < -0.3 is 10.6 Å². The fourth-order valence-corrected chi connectivity index (χ4v) is 1.97. The lowest BCUT2D eigenvalue weighted by Gasteiger charge is -2.20. The maximum absolute atomic E-state index is 3.52. The number of hydrogen-bond donors (Lipinski definition) is 2. The summed E-state index contributed by atoms with van der Waals surface area (Å²) in [7, 11) is 0. The van der Waals surface area contributed by atoms with Crippen LogP contribution in [0.1, 0.15) is 45.2 Å². The van der Waals surface area contributed by atoms with Gasteiger partial charge in [-0.25, -0.2) is 0 Å². The van der Waals surface area contributed by atoms with E-state index in [1.54, 1.807) is 0 Å². The molecular formula is C16H28N2. The summed E-state index contributed by atoms with van der Waals surface area (Å²) in [5.74, 6) is 0. The molecule has 2 nitrogen and oxygen atoms in total. The van der Waals surface area contributed by atoms with E-state index in [4.69, 9.17) is 0 Å². The van der Waals surface area contributed by atoms with E-state index in [0.717, 1.165) is 26.1 Å². The monoisotopic (exact) mass is 248 g/mol. The summed E-state index contributed by atoms with van der Waals surface area (Å²) in [5.41, 5.74) is 3.12. The summed E-state index contributed by atoms with van der Waals surface area (Å²) in [5, 5.41) is 7.03. The van der Waals surface area contributed by atoms with Gasteiger partial charge in [0.1, 0.15) is 0 Å². The molecule has 102 valence electrons. The Bertz CT molecular complexity index is 339. The Morgan fingerprint density at radius 3 is 2.28 bits per heavy atom. The van der Waals surface area contributed by atoms with Gasteiger partial charge in [-0.2, -0.15) is 0 Å². The summed E-state index contributed by atoms with van der Waals surface area (Å²) in [6.07, 6.45) is 2.29. The molecule has 1 aromatic rings. The molecule has 0 saturated carbocycles. The minimum absolute atomic E-state index is 0.231. The van der Waals surface area contributed by atoms with Gasteiger partial charge in [-0.1, -0.05) is 31.2 Å². The Hall–Kier alpha value is -0.860. The fourth-order valence-electron chi connectivity index (χ4n) is 1.97. The normalized spacial score (nSPS) is 11.8. The molecule has 1 aromatic carbocycles. The van der Waals surface area contributed by atoms with Gasteiger partial charge in [-0.15, -0.1) is 0 Å². The average Bonchev–Trinajstić information content (AvgIpc) is 2.32. The van der Waals surface area contributed by atoms with E-state index in [9.17, 15) is 0 Å². The largest absolute Gasteiger partial charge is 0.313 e. The van der Waals surface area contributed by atoms with Gasteiger partial charge in [-0.3, -0.25) is 0 Å². The van der Waals surface area contributed by atoms with Gasteiger partial charge in [0.05, 0.1) is 0 Å². The van der Waals surface area contributed by atoms with E-state index in [0.29, 0.717) is 0 Å². The molecule has 0 fully saturated rings. The topological polar surface area (TPSA) is 24.1 Å². The van der Waals surface area contributed by atoms with Gasteiger partial charge in [0, 0.05) is 12.1 Å². The molecule has 0 aliphatic rings. The van der Waals surface area contributed by atoms with Crippen LogP contribution in [0.4, 0.5) is 0 Å². The van der Waals surface area contributed by atoms with Gasteiger partial charge in [0.2, 0.25) is 0 Å². The summed E-state index contributed by atoms with van der Waals surface area (Å²) >= 11 is 0. The van der Waals surface area contributed by atoms with E-state index in [1.807, 2.05) is 0 Å². The Balaban J connectivity index is 2.18. The molecule has 0 aliphatic carbocycles. The molecule has 2 heteroatoms. The van der Waals surface area contributed by atoms with Crippen molar-refractivity contribution in [3.05, 3.63) is 35.4 Å². The molecule has 0 saturated heterocycles. The van der Waals surface area contributed by atoms with Crippen molar-refractivity contribution >= 4 is 0 Å². The third-order valence-electron chi connectivity index (χ3n) is 3.00. The van der Waals surface area contributed by atoms with Crippen molar-refractivity contribution in [2.24, 2.45) is 0 Å². The van der Waals surface area contributed by atoms with Gasteiger partial charge in [0.15, 0.2) is 0 Å². The van der Waals surface area contributed by atoms with Gasteiger partial charge >= 0.3 is 0 Å².